The van der Waals surface area contributed by atoms with E-state index in [0.717, 1.165) is 17.8 Å². The van der Waals surface area contributed by atoms with Crippen LogP contribution in [-0.4, -0.2) is 37.0 Å². The van der Waals surface area contributed by atoms with Crippen molar-refractivity contribution in [1.82, 2.24) is 15.6 Å². The van der Waals surface area contributed by atoms with Crippen molar-refractivity contribution in [1.29, 1.82) is 0 Å². The standard InChI is InChI=1S/C15H17N3O3S2/c1-16-6-7-17-15(20)11-4-2-10(3-5-11)12-9-23-13(18-12)8-14(19)21-22/h2-5,9,16,22H,6-8H2,1H3,(H,17,20). The van der Waals surface area contributed by atoms with Crippen molar-refractivity contribution in [3.63, 3.8) is 0 Å². The lowest BCUT2D eigenvalue weighted by atomic mass is 10.1. The summed E-state index contributed by atoms with van der Waals surface area (Å²) in [6, 6.07) is 7.18. The molecule has 0 aliphatic carbocycles. The summed E-state index contributed by atoms with van der Waals surface area (Å²) in [7, 11) is 1.83. The second kappa shape index (κ2) is 8.66. The Morgan fingerprint density at radius 1 is 1.26 bits per heavy atom. The summed E-state index contributed by atoms with van der Waals surface area (Å²) < 4.78 is 4.32. The van der Waals surface area contributed by atoms with E-state index in [4.69, 9.17) is 0 Å². The van der Waals surface area contributed by atoms with Gasteiger partial charge in [-0.3, -0.25) is 9.59 Å². The Kier molecular flexibility index (Phi) is 6.57. The first-order valence-corrected chi connectivity index (χ1v) is 8.20. The van der Waals surface area contributed by atoms with Crippen LogP contribution in [0.1, 0.15) is 15.4 Å². The number of carbonyl (C=O) groups excluding carboxylic acids is 2. The van der Waals surface area contributed by atoms with Gasteiger partial charge in [-0.15, -0.1) is 11.3 Å². The van der Waals surface area contributed by atoms with E-state index >= 15 is 0 Å². The van der Waals surface area contributed by atoms with Crippen LogP contribution in [0.25, 0.3) is 11.3 Å². The molecule has 0 radical (unpaired) electrons. The first-order chi connectivity index (χ1) is 11.1. The van der Waals surface area contributed by atoms with Gasteiger partial charge in [0.1, 0.15) is 5.01 Å². The van der Waals surface area contributed by atoms with Gasteiger partial charge in [-0.2, -0.15) is 0 Å². The highest BCUT2D eigenvalue weighted by atomic mass is 32.1. The molecule has 0 atom stereocenters. The lowest BCUT2D eigenvalue weighted by Gasteiger charge is -2.05. The van der Waals surface area contributed by atoms with Crippen LogP contribution in [-0.2, 0) is 15.4 Å². The number of nitrogens with one attached hydrogen (secondary N) is 2. The third-order valence-electron chi connectivity index (χ3n) is 3.05. The Labute approximate surface area is 143 Å². The topological polar surface area (TPSA) is 80.3 Å². The fourth-order valence-corrected chi connectivity index (χ4v) is 2.73. The zero-order valence-corrected chi connectivity index (χ0v) is 14.2. The summed E-state index contributed by atoms with van der Waals surface area (Å²) >= 11 is 4.85. The second-order valence-corrected chi connectivity index (χ2v) is 5.83. The Hall–Kier alpha value is -1.90. The predicted molar refractivity (Wildman–Crippen MR) is 92.6 cm³/mol. The lowest BCUT2D eigenvalue weighted by Crippen LogP contribution is -2.30. The summed E-state index contributed by atoms with van der Waals surface area (Å²) in [6.07, 6.45) is 0.0973. The minimum atomic E-state index is -0.442. The average molecular weight is 351 g/mol. The molecule has 0 bridgehead atoms. The highest BCUT2D eigenvalue weighted by molar-refractivity contribution is 7.75. The number of rotatable bonds is 7. The summed E-state index contributed by atoms with van der Waals surface area (Å²) in [5.41, 5.74) is 2.25. The first kappa shape index (κ1) is 17.5. The van der Waals surface area contributed by atoms with Crippen LogP contribution >= 0.6 is 24.2 Å². The minimum Gasteiger partial charge on any atom is -0.394 e. The van der Waals surface area contributed by atoms with Crippen LogP contribution in [0.2, 0.25) is 0 Å². The second-order valence-electron chi connectivity index (χ2n) is 4.70. The Bertz CT molecular complexity index is 671. The van der Waals surface area contributed by atoms with E-state index in [-0.39, 0.29) is 12.3 Å². The molecule has 2 aromatic rings. The van der Waals surface area contributed by atoms with Crippen molar-refractivity contribution >= 4 is 36.1 Å². The Morgan fingerprint density at radius 2 is 2.00 bits per heavy atom. The predicted octanol–water partition coefficient (Wildman–Crippen LogP) is 1.69. The van der Waals surface area contributed by atoms with Gasteiger partial charge in [0, 0.05) is 42.5 Å². The number of hydrogen-bond donors (Lipinski definition) is 3. The smallest absolute Gasteiger partial charge is 0.324 e. The van der Waals surface area contributed by atoms with E-state index in [1.807, 2.05) is 24.6 Å². The Balaban J connectivity index is 2.02. The maximum Gasteiger partial charge on any atom is 0.324 e. The molecule has 0 spiro atoms. The molecular weight excluding hydrogens is 334 g/mol. The lowest BCUT2D eigenvalue weighted by molar-refractivity contribution is -0.132. The minimum absolute atomic E-state index is 0.0973. The van der Waals surface area contributed by atoms with Gasteiger partial charge >= 0.3 is 5.97 Å². The third kappa shape index (κ3) is 5.05. The van der Waals surface area contributed by atoms with Crippen LogP contribution < -0.4 is 10.6 Å². The largest absolute Gasteiger partial charge is 0.394 e. The molecule has 6 nitrogen and oxygen atoms in total. The van der Waals surface area contributed by atoms with Crippen molar-refractivity contribution < 1.29 is 13.8 Å². The van der Waals surface area contributed by atoms with Crippen molar-refractivity contribution in [2.45, 2.75) is 6.42 Å². The van der Waals surface area contributed by atoms with Crippen molar-refractivity contribution in [3.8, 4) is 11.3 Å². The maximum absolute atomic E-state index is 11.9. The molecule has 0 saturated heterocycles. The Morgan fingerprint density at radius 3 is 2.65 bits per heavy atom. The van der Waals surface area contributed by atoms with Crippen LogP contribution in [0, 0.1) is 0 Å². The van der Waals surface area contributed by atoms with Gasteiger partial charge in [0.2, 0.25) is 0 Å². The fraction of sp³-hybridized carbons (Fsp3) is 0.267. The summed E-state index contributed by atoms with van der Waals surface area (Å²) in [4.78, 5) is 27.5. The van der Waals surface area contributed by atoms with Gasteiger partial charge in [0.25, 0.3) is 5.91 Å². The van der Waals surface area contributed by atoms with Crippen LogP contribution in [0.5, 0.6) is 0 Å². The molecule has 1 aromatic carbocycles. The van der Waals surface area contributed by atoms with E-state index in [1.54, 1.807) is 12.1 Å². The van der Waals surface area contributed by atoms with Gasteiger partial charge in [0.05, 0.1) is 12.1 Å². The van der Waals surface area contributed by atoms with E-state index in [0.29, 0.717) is 17.1 Å². The number of benzene rings is 1. The zero-order valence-electron chi connectivity index (χ0n) is 12.5. The molecule has 0 aliphatic rings. The molecule has 0 fully saturated rings. The molecule has 2 N–H and O–H groups in total. The number of aromatic nitrogens is 1. The third-order valence-corrected chi connectivity index (χ3v) is 4.10. The quantitative estimate of drug-likeness (QED) is 0.402. The molecular formula is C15H17N3O3S2. The number of nitrogens with zero attached hydrogens (tertiary/aromatic N) is 1. The first-order valence-electron chi connectivity index (χ1n) is 6.96. The summed E-state index contributed by atoms with van der Waals surface area (Å²) in [6.45, 7) is 1.30. The number of carbonyl (C=O) groups is 2. The van der Waals surface area contributed by atoms with Crippen LogP contribution in [0.3, 0.4) is 0 Å². The van der Waals surface area contributed by atoms with Crippen molar-refractivity contribution in [2.75, 3.05) is 20.1 Å². The van der Waals surface area contributed by atoms with E-state index in [2.05, 4.69) is 32.7 Å². The summed E-state index contributed by atoms with van der Waals surface area (Å²) in [5.74, 6) is -0.551. The van der Waals surface area contributed by atoms with Gasteiger partial charge in [-0.25, -0.2) is 4.98 Å². The molecule has 1 amide bonds. The zero-order chi connectivity index (χ0) is 16.7. The SMILES string of the molecule is CNCCNC(=O)c1ccc(-c2csc(CC(=O)OS)n2)cc1. The molecule has 0 aliphatic heterocycles. The van der Waals surface area contributed by atoms with Crippen LogP contribution in [0.15, 0.2) is 29.6 Å². The molecule has 23 heavy (non-hydrogen) atoms. The molecule has 1 heterocycles. The van der Waals surface area contributed by atoms with Gasteiger partial charge in [-0.1, -0.05) is 12.1 Å². The van der Waals surface area contributed by atoms with Gasteiger partial charge in [-0.05, 0) is 19.2 Å². The van der Waals surface area contributed by atoms with Gasteiger partial charge in [0.15, 0.2) is 0 Å². The van der Waals surface area contributed by atoms with E-state index in [9.17, 15) is 9.59 Å². The molecule has 2 rings (SSSR count). The molecule has 122 valence electrons. The van der Waals surface area contributed by atoms with Crippen molar-refractivity contribution in [3.05, 3.63) is 40.2 Å². The molecule has 1 aromatic heterocycles. The highest BCUT2D eigenvalue weighted by Gasteiger charge is 2.10. The summed E-state index contributed by atoms with van der Waals surface area (Å²) in [5, 5.41) is 8.31. The van der Waals surface area contributed by atoms with Crippen molar-refractivity contribution in [2.24, 2.45) is 0 Å². The van der Waals surface area contributed by atoms with Gasteiger partial charge < -0.3 is 14.8 Å². The average Bonchev–Trinajstić information content (AvgIpc) is 3.03. The van der Waals surface area contributed by atoms with E-state index < -0.39 is 5.97 Å². The molecule has 8 heteroatoms. The number of thiazole rings is 1. The maximum atomic E-state index is 11.9. The monoisotopic (exact) mass is 351 g/mol. The fourth-order valence-electron chi connectivity index (χ4n) is 1.88. The number of amides is 1. The number of hydrogen-bond acceptors (Lipinski definition) is 7. The van der Waals surface area contributed by atoms with E-state index in [1.165, 1.54) is 11.3 Å². The number of thiol groups is 1. The molecule has 0 saturated carbocycles. The highest BCUT2D eigenvalue weighted by Crippen LogP contribution is 2.22. The number of likely N-dealkylation sites (N-methyl/N-ethyl adjacent to an activating group) is 1. The molecule has 0 unspecified atom stereocenters. The van der Waals surface area contributed by atoms with Crippen LogP contribution in [0.4, 0.5) is 0 Å². The normalized spacial score (nSPS) is 10.3.